The van der Waals surface area contributed by atoms with Crippen molar-refractivity contribution >= 4 is 16.0 Å². The predicted octanol–water partition coefficient (Wildman–Crippen LogP) is 4.18. The second-order valence-electron chi connectivity index (χ2n) is 6.73. The Labute approximate surface area is 170 Å². The van der Waals surface area contributed by atoms with Crippen LogP contribution in [0, 0.1) is 6.92 Å². The first-order valence-corrected chi connectivity index (χ1v) is 11.0. The molecule has 1 aromatic heterocycles. The molecule has 0 radical (unpaired) electrons. The first-order valence-electron chi connectivity index (χ1n) is 9.07. The summed E-state index contributed by atoms with van der Waals surface area (Å²) < 4.78 is 35.8. The van der Waals surface area contributed by atoms with Crippen molar-refractivity contribution in [3.63, 3.8) is 0 Å². The number of carbonyl (C=O) groups is 1. The van der Waals surface area contributed by atoms with E-state index in [0.717, 1.165) is 27.9 Å². The van der Waals surface area contributed by atoms with E-state index in [2.05, 4.69) is 4.74 Å². The van der Waals surface area contributed by atoms with Gasteiger partial charge in [0.05, 0.1) is 18.6 Å². The first kappa shape index (κ1) is 20.7. The number of sulfone groups is 1. The molecule has 6 nitrogen and oxygen atoms in total. The lowest BCUT2D eigenvalue weighted by Gasteiger charge is -2.15. The van der Waals surface area contributed by atoms with Crippen molar-refractivity contribution in [1.82, 2.24) is 4.57 Å². The van der Waals surface area contributed by atoms with Crippen molar-refractivity contribution in [2.24, 2.45) is 0 Å². The Morgan fingerprint density at radius 3 is 2.48 bits per heavy atom. The Morgan fingerprint density at radius 2 is 1.83 bits per heavy atom. The van der Waals surface area contributed by atoms with Crippen LogP contribution in [-0.2, 0) is 25.7 Å². The number of aromatic nitrogens is 1. The molecule has 0 fully saturated rings. The maximum atomic E-state index is 12.3. The summed E-state index contributed by atoms with van der Waals surface area (Å²) in [5, 5.41) is 0. The van der Waals surface area contributed by atoms with Crippen molar-refractivity contribution < 1.29 is 22.7 Å². The minimum Gasteiger partial charge on any atom is -0.438 e. The van der Waals surface area contributed by atoms with Crippen molar-refractivity contribution in [2.45, 2.75) is 18.2 Å². The second-order valence-corrected chi connectivity index (χ2v) is 8.75. The van der Waals surface area contributed by atoms with E-state index in [0.29, 0.717) is 6.42 Å². The molecule has 0 saturated heterocycles. The summed E-state index contributed by atoms with van der Waals surface area (Å²) >= 11 is 0. The smallest absolute Gasteiger partial charge is 0.438 e. The van der Waals surface area contributed by atoms with Gasteiger partial charge in [0.15, 0.2) is 9.84 Å². The zero-order chi connectivity index (χ0) is 21.0. The third-order valence-electron chi connectivity index (χ3n) is 4.68. The molecule has 0 aliphatic carbocycles. The summed E-state index contributed by atoms with van der Waals surface area (Å²) in [6.07, 6.45) is 4.80. The van der Waals surface area contributed by atoms with Crippen molar-refractivity contribution in [3.05, 3.63) is 72.1 Å². The highest BCUT2D eigenvalue weighted by Gasteiger charge is 2.16. The molecule has 7 heteroatoms. The van der Waals surface area contributed by atoms with Crippen molar-refractivity contribution in [1.29, 1.82) is 0 Å². The van der Waals surface area contributed by atoms with Gasteiger partial charge in [0.1, 0.15) is 0 Å². The number of hydrogen-bond acceptors (Lipinski definition) is 5. The van der Waals surface area contributed by atoms with Gasteiger partial charge in [-0.05, 0) is 47.4 Å². The standard InChI is InChI=1S/C22H23NO5S/c1-16-20(18-7-5-4-6-8-18)13-19(29(3,25)26)14-21(16)23-11-9-17(15-23)10-12-28-22(24)27-2/h4-9,11,13-15H,10,12H2,1-3H3. The van der Waals surface area contributed by atoms with Gasteiger partial charge in [-0.2, -0.15) is 0 Å². The third kappa shape index (κ3) is 4.86. The van der Waals surface area contributed by atoms with Gasteiger partial charge < -0.3 is 14.0 Å². The minimum absolute atomic E-state index is 0.203. The predicted molar refractivity (Wildman–Crippen MR) is 111 cm³/mol. The van der Waals surface area contributed by atoms with Gasteiger partial charge in [-0.25, -0.2) is 13.2 Å². The third-order valence-corrected chi connectivity index (χ3v) is 5.77. The Kier molecular flexibility index (Phi) is 6.08. The van der Waals surface area contributed by atoms with Gasteiger partial charge in [0.25, 0.3) is 0 Å². The molecule has 3 aromatic rings. The molecule has 0 N–H and O–H groups in total. The molecule has 152 valence electrons. The highest BCUT2D eigenvalue weighted by molar-refractivity contribution is 7.90. The molecular weight excluding hydrogens is 390 g/mol. The summed E-state index contributed by atoms with van der Waals surface area (Å²) in [6.45, 7) is 2.18. The van der Waals surface area contributed by atoms with Crippen LogP contribution in [0.15, 0.2) is 65.8 Å². The molecule has 0 atom stereocenters. The zero-order valence-electron chi connectivity index (χ0n) is 16.6. The van der Waals surface area contributed by atoms with Crippen LogP contribution in [0.3, 0.4) is 0 Å². The summed E-state index contributed by atoms with van der Waals surface area (Å²) in [5.74, 6) is 0. The fourth-order valence-electron chi connectivity index (χ4n) is 3.12. The number of hydrogen-bond donors (Lipinski definition) is 0. The van der Waals surface area contributed by atoms with Gasteiger partial charge in [0.2, 0.25) is 0 Å². The Morgan fingerprint density at radius 1 is 1.10 bits per heavy atom. The van der Waals surface area contributed by atoms with Crippen LogP contribution in [0.25, 0.3) is 16.8 Å². The molecule has 0 amide bonds. The van der Waals surface area contributed by atoms with E-state index >= 15 is 0 Å². The highest BCUT2D eigenvalue weighted by Crippen LogP contribution is 2.31. The van der Waals surface area contributed by atoms with Gasteiger partial charge >= 0.3 is 6.16 Å². The largest absolute Gasteiger partial charge is 0.507 e. The summed E-state index contributed by atoms with van der Waals surface area (Å²) in [7, 11) is -2.12. The van der Waals surface area contributed by atoms with Crippen LogP contribution in [-0.4, -0.2) is 39.1 Å². The van der Waals surface area contributed by atoms with Crippen LogP contribution in [0.4, 0.5) is 4.79 Å². The summed E-state index contributed by atoms with van der Waals surface area (Å²) in [4.78, 5) is 11.3. The molecule has 0 aliphatic heterocycles. The number of carbonyl (C=O) groups excluding carboxylic acids is 1. The molecule has 0 saturated carbocycles. The minimum atomic E-state index is -3.39. The Hall–Kier alpha value is -3.06. The molecule has 3 rings (SSSR count). The van der Waals surface area contributed by atoms with Crippen LogP contribution < -0.4 is 0 Å². The molecule has 0 aliphatic rings. The molecule has 0 spiro atoms. The lowest BCUT2D eigenvalue weighted by molar-refractivity contribution is 0.0737. The first-order chi connectivity index (χ1) is 13.8. The fraction of sp³-hybridized carbons (Fsp3) is 0.227. The Balaban J connectivity index is 2.00. The van der Waals surface area contributed by atoms with Crippen molar-refractivity contribution in [2.75, 3.05) is 20.0 Å². The van der Waals surface area contributed by atoms with Gasteiger partial charge in [0, 0.05) is 30.8 Å². The number of nitrogens with zero attached hydrogens (tertiary/aromatic N) is 1. The summed E-state index contributed by atoms with van der Waals surface area (Å²) in [6, 6.07) is 15.0. The molecule has 1 heterocycles. The summed E-state index contributed by atoms with van der Waals surface area (Å²) in [5.41, 5.74) is 4.53. The second kappa shape index (κ2) is 8.53. The lowest BCUT2D eigenvalue weighted by atomic mass is 9.99. The van der Waals surface area contributed by atoms with Crippen LogP contribution in [0.1, 0.15) is 11.1 Å². The molecular formula is C22H23NO5S. The number of ether oxygens (including phenoxy) is 2. The van der Waals surface area contributed by atoms with E-state index in [-0.39, 0.29) is 11.5 Å². The maximum Gasteiger partial charge on any atom is 0.507 e. The van der Waals surface area contributed by atoms with Crippen molar-refractivity contribution in [3.8, 4) is 16.8 Å². The van der Waals surface area contributed by atoms with E-state index in [1.165, 1.54) is 13.4 Å². The normalized spacial score (nSPS) is 11.3. The number of methoxy groups -OCH3 is 1. The number of rotatable bonds is 6. The highest BCUT2D eigenvalue weighted by atomic mass is 32.2. The lowest BCUT2D eigenvalue weighted by Crippen LogP contribution is -2.07. The van der Waals surface area contributed by atoms with Gasteiger partial charge in [-0.1, -0.05) is 30.3 Å². The maximum absolute atomic E-state index is 12.3. The average molecular weight is 413 g/mol. The fourth-order valence-corrected chi connectivity index (χ4v) is 3.78. The van der Waals surface area contributed by atoms with E-state index in [1.54, 1.807) is 12.1 Å². The average Bonchev–Trinajstić information content (AvgIpc) is 3.16. The molecule has 0 bridgehead atoms. The van der Waals surface area contributed by atoms with Gasteiger partial charge in [-0.3, -0.25) is 0 Å². The van der Waals surface area contributed by atoms with E-state index in [4.69, 9.17) is 4.74 Å². The van der Waals surface area contributed by atoms with Crippen LogP contribution in [0.5, 0.6) is 0 Å². The number of benzene rings is 2. The van der Waals surface area contributed by atoms with Gasteiger partial charge in [-0.15, -0.1) is 0 Å². The van der Waals surface area contributed by atoms with E-state index in [9.17, 15) is 13.2 Å². The molecule has 2 aromatic carbocycles. The van der Waals surface area contributed by atoms with E-state index < -0.39 is 16.0 Å². The van der Waals surface area contributed by atoms with Crippen LogP contribution in [0.2, 0.25) is 0 Å². The Bertz CT molecular complexity index is 1120. The van der Waals surface area contributed by atoms with Crippen LogP contribution >= 0.6 is 0 Å². The van der Waals surface area contributed by atoms with E-state index in [1.807, 2.05) is 60.3 Å². The molecule has 29 heavy (non-hydrogen) atoms. The SMILES string of the molecule is COC(=O)OCCc1ccn(-c2cc(S(C)(=O)=O)cc(-c3ccccc3)c2C)c1. The quantitative estimate of drug-likeness (QED) is 0.567. The topological polar surface area (TPSA) is 74.6 Å². The molecule has 0 unspecified atom stereocenters. The zero-order valence-corrected chi connectivity index (χ0v) is 17.4. The monoisotopic (exact) mass is 413 g/mol.